The van der Waals surface area contributed by atoms with Crippen LogP contribution in [0.15, 0.2) is 24.3 Å². The molecule has 0 spiro atoms. The van der Waals surface area contributed by atoms with Crippen LogP contribution in [0.25, 0.3) is 0 Å². The Balaban J connectivity index is 1.93. The number of aryl methyl sites for hydroxylation is 1. The van der Waals surface area contributed by atoms with Crippen molar-refractivity contribution >= 4 is 5.69 Å². The van der Waals surface area contributed by atoms with Crippen LogP contribution in [-0.4, -0.2) is 38.0 Å². The Morgan fingerprint density at radius 1 is 1.53 bits per heavy atom. The van der Waals surface area contributed by atoms with Gasteiger partial charge in [-0.05, 0) is 31.0 Å². The number of nitrogens with zero attached hydrogens (tertiary/aromatic N) is 1. The summed E-state index contributed by atoms with van der Waals surface area (Å²) in [6.07, 6.45) is 0.672. The molecule has 0 aromatic heterocycles. The lowest BCUT2D eigenvalue weighted by molar-refractivity contribution is 0.0970. The number of hydrogen-bond donors (Lipinski definition) is 1. The van der Waals surface area contributed by atoms with Crippen molar-refractivity contribution in [2.45, 2.75) is 19.4 Å². The van der Waals surface area contributed by atoms with Crippen molar-refractivity contribution < 1.29 is 9.84 Å². The van der Waals surface area contributed by atoms with Crippen LogP contribution < -0.4 is 4.90 Å². The van der Waals surface area contributed by atoms with Crippen LogP contribution in [-0.2, 0) is 4.74 Å². The summed E-state index contributed by atoms with van der Waals surface area (Å²) in [5.41, 5.74) is 2.40. The molecule has 2 atom stereocenters. The highest BCUT2D eigenvalue weighted by atomic mass is 16.5. The summed E-state index contributed by atoms with van der Waals surface area (Å²) < 4.78 is 5.31. The molecule has 1 aliphatic rings. The molecule has 1 aromatic rings. The number of anilines is 1. The molecule has 0 saturated carbocycles. The molecule has 0 radical (unpaired) electrons. The zero-order valence-corrected chi connectivity index (χ0v) is 10.6. The molecule has 1 aliphatic heterocycles. The van der Waals surface area contributed by atoms with E-state index in [1.165, 1.54) is 5.56 Å². The summed E-state index contributed by atoms with van der Waals surface area (Å²) in [5, 5.41) is 10.1. The van der Waals surface area contributed by atoms with Crippen molar-refractivity contribution in [1.82, 2.24) is 0 Å². The van der Waals surface area contributed by atoms with E-state index in [2.05, 4.69) is 30.0 Å². The smallest absolute Gasteiger partial charge is 0.0765 e. The van der Waals surface area contributed by atoms with Crippen molar-refractivity contribution in [1.29, 1.82) is 0 Å². The molecular weight excluding hydrogens is 214 g/mol. The average molecular weight is 235 g/mol. The third-order valence-electron chi connectivity index (χ3n) is 3.41. The monoisotopic (exact) mass is 235 g/mol. The predicted molar refractivity (Wildman–Crippen MR) is 69.4 cm³/mol. The lowest BCUT2D eigenvalue weighted by Gasteiger charge is -2.25. The van der Waals surface area contributed by atoms with E-state index < -0.39 is 0 Å². The Kier molecular flexibility index (Phi) is 4.02. The van der Waals surface area contributed by atoms with Gasteiger partial charge in [0, 0.05) is 31.8 Å². The van der Waals surface area contributed by atoms with Crippen LogP contribution in [0, 0.1) is 12.8 Å². The second kappa shape index (κ2) is 5.52. The number of ether oxygens (including phenoxy) is 1. The summed E-state index contributed by atoms with van der Waals surface area (Å²) in [5.74, 6) is 0.294. The summed E-state index contributed by atoms with van der Waals surface area (Å²) in [6.45, 7) is 4.23. The highest BCUT2D eigenvalue weighted by Gasteiger charge is 2.24. The third-order valence-corrected chi connectivity index (χ3v) is 3.41. The van der Waals surface area contributed by atoms with Gasteiger partial charge in [0.15, 0.2) is 0 Å². The number of aliphatic hydroxyl groups excluding tert-OH is 1. The van der Waals surface area contributed by atoms with E-state index in [1.807, 2.05) is 13.1 Å². The zero-order valence-electron chi connectivity index (χ0n) is 10.6. The first-order chi connectivity index (χ1) is 8.16. The molecule has 2 unspecified atom stereocenters. The van der Waals surface area contributed by atoms with Crippen LogP contribution >= 0.6 is 0 Å². The van der Waals surface area contributed by atoms with Gasteiger partial charge >= 0.3 is 0 Å². The van der Waals surface area contributed by atoms with E-state index in [0.29, 0.717) is 19.1 Å². The number of rotatable bonds is 4. The summed E-state index contributed by atoms with van der Waals surface area (Å²) in [4.78, 5) is 2.11. The molecule has 0 bridgehead atoms. The first kappa shape index (κ1) is 12.4. The highest BCUT2D eigenvalue weighted by Crippen LogP contribution is 2.20. The molecule has 1 N–H and O–H groups in total. The SMILES string of the molecule is Cc1cccc(N(C)CC(O)C2CCOC2)c1. The molecule has 1 heterocycles. The zero-order chi connectivity index (χ0) is 12.3. The van der Waals surface area contributed by atoms with E-state index in [4.69, 9.17) is 4.74 Å². The Labute approximate surface area is 103 Å². The lowest BCUT2D eigenvalue weighted by atomic mass is 10.0. The van der Waals surface area contributed by atoms with E-state index in [0.717, 1.165) is 18.7 Å². The topological polar surface area (TPSA) is 32.7 Å². The first-order valence-electron chi connectivity index (χ1n) is 6.20. The van der Waals surface area contributed by atoms with Crippen molar-refractivity contribution in [2.75, 3.05) is 31.7 Å². The number of benzene rings is 1. The standard InChI is InChI=1S/C14H21NO2/c1-11-4-3-5-13(8-11)15(2)9-14(16)12-6-7-17-10-12/h3-5,8,12,14,16H,6-7,9-10H2,1-2H3. The molecule has 3 heteroatoms. The van der Waals surface area contributed by atoms with Gasteiger partial charge in [0.25, 0.3) is 0 Å². The number of likely N-dealkylation sites (N-methyl/N-ethyl adjacent to an activating group) is 1. The fraction of sp³-hybridized carbons (Fsp3) is 0.571. The van der Waals surface area contributed by atoms with E-state index in [9.17, 15) is 5.11 Å². The van der Waals surface area contributed by atoms with Gasteiger partial charge in [0.1, 0.15) is 0 Å². The van der Waals surface area contributed by atoms with Crippen LogP contribution in [0.5, 0.6) is 0 Å². The minimum atomic E-state index is -0.303. The fourth-order valence-corrected chi connectivity index (χ4v) is 2.26. The maximum atomic E-state index is 10.1. The van der Waals surface area contributed by atoms with Crippen LogP contribution in [0.4, 0.5) is 5.69 Å². The lowest BCUT2D eigenvalue weighted by Crippen LogP contribution is -2.34. The molecule has 3 nitrogen and oxygen atoms in total. The maximum Gasteiger partial charge on any atom is 0.0765 e. The van der Waals surface area contributed by atoms with Crippen molar-refractivity contribution in [2.24, 2.45) is 5.92 Å². The Morgan fingerprint density at radius 3 is 3.00 bits per heavy atom. The van der Waals surface area contributed by atoms with Gasteiger partial charge in [0.05, 0.1) is 12.7 Å². The Hall–Kier alpha value is -1.06. The van der Waals surface area contributed by atoms with Crippen LogP contribution in [0.3, 0.4) is 0 Å². The average Bonchev–Trinajstić information content (AvgIpc) is 2.82. The van der Waals surface area contributed by atoms with Gasteiger partial charge in [-0.1, -0.05) is 12.1 Å². The van der Waals surface area contributed by atoms with E-state index in [1.54, 1.807) is 0 Å². The molecule has 1 fully saturated rings. The second-order valence-corrected chi connectivity index (χ2v) is 4.91. The van der Waals surface area contributed by atoms with Gasteiger partial charge in [0.2, 0.25) is 0 Å². The van der Waals surface area contributed by atoms with Gasteiger partial charge in [-0.3, -0.25) is 0 Å². The Bertz CT molecular complexity index is 361. The van der Waals surface area contributed by atoms with E-state index >= 15 is 0 Å². The van der Waals surface area contributed by atoms with Crippen molar-refractivity contribution in [3.63, 3.8) is 0 Å². The second-order valence-electron chi connectivity index (χ2n) is 4.91. The van der Waals surface area contributed by atoms with Gasteiger partial charge in [-0.2, -0.15) is 0 Å². The van der Waals surface area contributed by atoms with E-state index in [-0.39, 0.29) is 6.10 Å². The molecule has 17 heavy (non-hydrogen) atoms. The van der Waals surface area contributed by atoms with Crippen molar-refractivity contribution in [3.05, 3.63) is 29.8 Å². The molecular formula is C14H21NO2. The van der Waals surface area contributed by atoms with Crippen molar-refractivity contribution in [3.8, 4) is 0 Å². The number of hydrogen-bond acceptors (Lipinski definition) is 3. The Morgan fingerprint density at radius 2 is 2.35 bits per heavy atom. The van der Waals surface area contributed by atoms with Gasteiger partial charge < -0.3 is 14.7 Å². The predicted octanol–water partition coefficient (Wildman–Crippen LogP) is 1.83. The summed E-state index contributed by atoms with van der Waals surface area (Å²) in [7, 11) is 2.02. The normalized spacial score (nSPS) is 21.5. The van der Waals surface area contributed by atoms with Gasteiger partial charge in [-0.25, -0.2) is 0 Å². The minimum Gasteiger partial charge on any atom is -0.391 e. The highest BCUT2D eigenvalue weighted by molar-refractivity contribution is 5.47. The fourth-order valence-electron chi connectivity index (χ4n) is 2.26. The molecule has 0 amide bonds. The quantitative estimate of drug-likeness (QED) is 0.864. The minimum absolute atomic E-state index is 0.294. The first-order valence-corrected chi connectivity index (χ1v) is 6.20. The molecule has 2 rings (SSSR count). The number of aliphatic hydroxyl groups is 1. The maximum absolute atomic E-state index is 10.1. The molecule has 1 aromatic carbocycles. The largest absolute Gasteiger partial charge is 0.391 e. The molecule has 94 valence electrons. The van der Waals surface area contributed by atoms with Crippen LogP contribution in [0.1, 0.15) is 12.0 Å². The van der Waals surface area contributed by atoms with Crippen LogP contribution in [0.2, 0.25) is 0 Å². The molecule has 0 aliphatic carbocycles. The summed E-state index contributed by atoms with van der Waals surface area (Å²) in [6, 6.07) is 8.34. The third kappa shape index (κ3) is 3.20. The van der Waals surface area contributed by atoms with Gasteiger partial charge in [-0.15, -0.1) is 0 Å². The molecule has 1 saturated heterocycles. The summed E-state index contributed by atoms with van der Waals surface area (Å²) >= 11 is 0.